The summed E-state index contributed by atoms with van der Waals surface area (Å²) in [4.78, 5) is 26.3. The number of hydrogen-bond donors (Lipinski definition) is 1. The quantitative estimate of drug-likeness (QED) is 0.486. The number of methoxy groups -OCH3 is 1. The highest BCUT2D eigenvalue weighted by Crippen LogP contribution is 2.36. The second-order valence-electron chi connectivity index (χ2n) is 6.66. The molecule has 0 amide bonds. The lowest BCUT2D eigenvalue weighted by Gasteiger charge is -2.17. The van der Waals surface area contributed by atoms with Gasteiger partial charge in [0.1, 0.15) is 35.2 Å². The first-order chi connectivity index (χ1) is 15.0. The number of fused-ring (bicyclic) bond motifs is 1. The lowest BCUT2D eigenvalue weighted by Crippen LogP contribution is -2.20. The lowest BCUT2D eigenvalue weighted by atomic mass is 9.99. The Morgan fingerprint density at radius 1 is 1.32 bits per heavy atom. The van der Waals surface area contributed by atoms with Gasteiger partial charge in [-0.05, 0) is 18.2 Å². The summed E-state index contributed by atoms with van der Waals surface area (Å²) in [6.45, 7) is 1.27. The summed E-state index contributed by atoms with van der Waals surface area (Å²) in [5.41, 5.74) is 2.68. The van der Waals surface area contributed by atoms with Gasteiger partial charge in [-0.25, -0.2) is 9.37 Å². The average molecular weight is 461 g/mol. The van der Waals surface area contributed by atoms with Gasteiger partial charge in [-0.1, -0.05) is 11.6 Å². The van der Waals surface area contributed by atoms with Crippen LogP contribution < -0.4 is 10.1 Å². The van der Waals surface area contributed by atoms with E-state index in [4.69, 9.17) is 21.1 Å². The number of pyridine rings is 1. The Kier molecular flexibility index (Phi) is 6.55. The van der Waals surface area contributed by atoms with Crippen LogP contribution in [0.3, 0.4) is 0 Å². The van der Waals surface area contributed by atoms with Gasteiger partial charge in [0.2, 0.25) is 0 Å². The fourth-order valence-electron chi connectivity index (χ4n) is 3.00. The normalized spacial score (nSPS) is 13.0. The predicted octanol–water partition coefficient (Wildman–Crippen LogP) is 4.79. The Bertz CT molecular complexity index is 1150. The lowest BCUT2D eigenvalue weighted by molar-refractivity contribution is 0.0998. The van der Waals surface area contributed by atoms with Crippen LogP contribution >= 0.6 is 22.9 Å². The summed E-state index contributed by atoms with van der Waals surface area (Å²) in [6.07, 6.45) is 1.72. The molecule has 0 saturated heterocycles. The molecule has 0 aliphatic carbocycles. The van der Waals surface area contributed by atoms with Crippen molar-refractivity contribution >= 4 is 45.3 Å². The standard InChI is InChI=1S/C21H18ClFN4O3S/c1-29-7-6-25-21-27-17(11-31-21)20-19-14(4-5-24-20)18(28)8-12(26-19)10-30-13-2-3-16(23)15(22)9-13/h2-5,9,11H,6-8,10H2,1H3,(H,25,27). The molecule has 10 heteroatoms. The van der Waals surface area contributed by atoms with E-state index >= 15 is 0 Å². The molecule has 4 rings (SSSR count). The minimum Gasteiger partial charge on any atom is -0.488 e. The fraction of sp³-hybridized carbons (Fsp3) is 0.238. The zero-order valence-electron chi connectivity index (χ0n) is 16.5. The fourth-order valence-corrected chi connectivity index (χ4v) is 3.89. The van der Waals surface area contributed by atoms with Gasteiger partial charge in [-0.2, -0.15) is 0 Å². The van der Waals surface area contributed by atoms with Crippen LogP contribution in [0.25, 0.3) is 11.4 Å². The Morgan fingerprint density at radius 3 is 3.00 bits per heavy atom. The van der Waals surface area contributed by atoms with Gasteiger partial charge in [-0.3, -0.25) is 14.8 Å². The minimum atomic E-state index is -0.525. The molecule has 2 aromatic heterocycles. The van der Waals surface area contributed by atoms with Crippen LogP contribution in [0.2, 0.25) is 5.02 Å². The Balaban J connectivity index is 1.57. The molecule has 0 fully saturated rings. The Labute approximate surface area is 186 Å². The van der Waals surface area contributed by atoms with Crippen molar-refractivity contribution in [1.29, 1.82) is 0 Å². The number of carbonyl (C=O) groups is 1. The summed E-state index contributed by atoms with van der Waals surface area (Å²) in [7, 11) is 1.64. The molecule has 0 saturated carbocycles. The van der Waals surface area contributed by atoms with Crippen molar-refractivity contribution in [3.63, 3.8) is 0 Å². The van der Waals surface area contributed by atoms with E-state index in [1.54, 1.807) is 19.4 Å². The molecular formula is C21H18ClFN4O3S. The average Bonchev–Trinajstić information content (AvgIpc) is 3.23. The number of rotatable bonds is 8. The van der Waals surface area contributed by atoms with Gasteiger partial charge in [-0.15, -0.1) is 11.3 Å². The van der Waals surface area contributed by atoms with Crippen LogP contribution in [0.4, 0.5) is 15.2 Å². The highest BCUT2D eigenvalue weighted by atomic mass is 35.5. The maximum atomic E-state index is 13.3. The molecule has 1 aromatic carbocycles. The first kappa shape index (κ1) is 21.4. The number of benzene rings is 1. The third-order valence-corrected chi connectivity index (χ3v) is 5.57. The molecule has 3 heterocycles. The summed E-state index contributed by atoms with van der Waals surface area (Å²) in [6, 6.07) is 5.74. The van der Waals surface area contributed by atoms with Gasteiger partial charge < -0.3 is 14.8 Å². The van der Waals surface area contributed by atoms with Crippen LogP contribution in [0.5, 0.6) is 5.75 Å². The van der Waals surface area contributed by atoms with E-state index in [-0.39, 0.29) is 23.8 Å². The van der Waals surface area contributed by atoms with Gasteiger partial charge in [0.15, 0.2) is 10.9 Å². The highest BCUT2D eigenvalue weighted by Gasteiger charge is 2.25. The number of hydrogen-bond acceptors (Lipinski definition) is 8. The first-order valence-corrected chi connectivity index (χ1v) is 10.7. The second kappa shape index (κ2) is 9.51. The summed E-state index contributed by atoms with van der Waals surface area (Å²) in [5.74, 6) is -0.203. The van der Waals surface area contributed by atoms with E-state index in [0.717, 1.165) is 5.13 Å². The van der Waals surface area contributed by atoms with E-state index in [9.17, 15) is 9.18 Å². The maximum absolute atomic E-state index is 13.3. The molecule has 1 N–H and O–H groups in total. The molecule has 1 aliphatic rings. The number of carbonyl (C=O) groups excluding carboxylic acids is 1. The summed E-state index contributed by atoms with van der Waals surface area (Å²) in [5, 5.41) is 5.74. The number of Topliss-reactive ketones (excluding diaryl/α,β-unsaturated/α-hetero) is 1. The van der Waals surface area contributed by atoms with Crippen molar-refractivity contribution < 1.29 is 18.7 Å². The first-order valence-electron chi connectivity index (χ1n) is 9.40. The highest BCUT2D eigenvalue weighted by molar-refractivity contribution is 7.14. The molecule has 0 bridgehead atoms. The number of thiazole rings is 1. The van der Waals surface area contributed by atoms with Crippen LogP contribution in [0.15, 0.2) is 40.8 Å². The third-order valence-electron chi connectivity index (χ3n) is 4.48. The van der Waals surface area contributed by atoms with Crippen LogP contribution in [0, 0.1) is 5.82 Å². The predicted molar refractivity (Wildman–Crippen MR) is 119 cm³/mol. The molecular weight excluding hydrogens is 443 g/mol. The Morgan fingerprint density at radius 2 is 2.19 bits per heavy atom. The topological polar surface area (TPSA) is 85.7 Å². The van der Waals surface area contributed by atoms with Gasteiger partial charge in [0.05, 0.1) is 23.8 Å². The SMILES string of the molecule is COCCNc1nc(-c2nccc3c2N=C(COc2ccc(F)c(Cl)c2)CC3=O)cs1. The van der Waals surface area contributed by atoms with Crippen LogP contribution in [-0.2, 0) is 4.74 Å². The zero-order chi connectivity index (χ0) is 21.8. The van der Waals surface area contributed by atoms with Crippen LogP contribution in [-0.4, -0.2) is 48.3 Å². The molecule has 160 valence electrons. The van der Waals surface area contributed by atoms with Crippen molar-refractivity contribution in [1.82, 2.24) is 9.97 Å². The number of aromatic nitrogens is 2. The van der Waals surface area contributed by atoms with E-state index in [1.165, 1.54) is 29.5 Å². The van der Waals surface area contributed by atoms with E-state index < -0.39 is 5.82 Å². The molecule has 0 radical (unpaired) electrons. The molecule has 7 nitrogen and oxygen atoms in total. The number of halogens is 2. The summed E-state index contributed by atoms with van der Waals surface area (Å²) < 4.78 is 24.0. The van der Waals surface area contributed by atoms with Gasteiger partial charge in [0, 0.05) is 36.9 Å². The maximum Gasteiger partial charge on any atom is 0.183 e. The number of nitrogens with one attached hydrogen (secondary N) is 1. The third kappa shape index (κ3) is 4.90. The Hall–Kier alpha value is -2.88. The largest absolute Gasteiger partial charge is 0.488 e. The smallest absolute Gasteiger partial charge is 0.183 e. The number of aliphatic imine (C=N–C) groups is 1. The molecule has 1 aliphatic heterocycles. The number of anilines is 1. The minimum absolute atomic E-state index is 0.0329. The van der Waals surface area contributed by atoms with Crippen molar-refractivity contribution in [3.8, 4) is 17.1 Å². The van der Waals surface area contributed by atoms with Crippen molar-refractivity contribution in [2.24, 2.45) is 4.99 Å². The van der Waals surface area contributed by atoms with Gasteiger partial charge >= 0.3 is 0 Å². The van der Waals surface area contributed by atoms with Crippen molar-refractivity contribution in [2.45, 2.75) is 6.42 Å². The molecule has 0 spiro atoms. The van der Waals surface area contributed by atoms with Crippen molar-refractivity contribution in [2.75, 3.05) is 32.2 Å². The number of nitrogens with zero attached hydrogens (tertiary/aromatic N) is 3. The molecule has 0 unspecified atom stereocenters. The number of ether oxygens (including phenoxy) is 2. The molecule has 3 aromatic rings. The van der Waals surface area contributed by atoms with E-state index in [0.29, 0.717) is 47.3 Å². The van der Waals surface area contributed by atoms with E-state index in [1.807, 2.05) is 5.38 Å². The second-order valence-corrected chi connectivity index (χ2v) is 7.92. The summed E-state index contributed by atoms with van der Waals surface area (Å²) >= 11 is 7.23. The monoisotopic (exact) mass is 460 g/mol. The molecule has 0 atom stereocenters. The van der Waals surface area contributed by atoms with E-state index in [2.05, 4.69) is 20.3 Å². The van der Waals surface area contributed by atoms with Gasteiger partial charge in [0.25, 0.3) is 0 Å². The van der Waals surface area contributed by atoms with Crippen LogP contribution in [0.1, 0.15) is 16.8 Å². The zero-order valence-corrected chi connectivity index (χ0v) is 18.1. The van der Waals surface area contributed by atoms with Crippen molar-refractivity contribution in [3.05, 3.63) is 52.2 Å². The number of ketones is 1. The molecule has 31 heavy (non-hydrogen) atoms.